The van der Waals surface area contributed by atoms with Crippen LogP contribution in [0.25, 0.3) is 0 Å². The minimum Gasteiger partial charge on any atom is -0.497 e. The van der Waals surface area contributed by atoms with Crippen molar-refractivity contribution in [3.63, 3.8) is 0 Å². The van der Waals surface area contributed by atoms with E-state index in [1.165, 1.54) is 0 Å². The molecule has 2 fully saturated rings. The minimum atomic E-state index is -0.708. The van der Waals surface area contributed by atoms with Crippen LogP contribution in [0.1, 0.15) is 25.5 Å². The third-order valence-electron chi connectivity index (χ3n) is 5.75. The number of benzene rings is 1. The standard InChI is InChI=1S/C20H23NO5/c1-4-25-19(23)16-15-9-10-20(26-15)11-21(18(22)17(16)20)12(2)13-5-7-14(24-3)8-6-13/h5-10,12,15-17H,4,11H2,1-3H3/t12-,15-,16-,17+,20-/m1/s1. The number of likely N-dealkylation sites (tertiary alicyclic amines) is 1. The topological polar surface area (TPSA) is 65.1 Å². The Balaban J connectivity index is 1.60. The van der Waals surface area contributed by atoms with E-state index in [0.717, 1.165) is 11.3 Å². The number of carbonyl (C=O) groups is 2. The minimum absolute atomic E-state index is 0.0433. The van der Waals surface area contributed by atoms with Crippen LogP contribution in [0.5, 0.6) is 5.75 Å². The first-order valence-electron chi connectivity index (χ1n) is 8.99. The van der Waals surface area contributed by atoms with Crippen LogP contribution in [-0.2, 0) is 19.1 Å². The van der Waals surface area contributed by atoms with Crippen LogP contribution >= 0.6 is 0 Å². The fraction of sp³-hybridized carbons (Fsp3) is 0.500. The quantitative estimate of drug-likeness (QED) is 0.596. The molecule has 3 aliphatic heterocycles. The number of rotatable bonds is 5. The third-order valence-corrected chi connectivity index (χ3v) is 5.75. The Morgan fingerprint density at radius 3 is 2.77 bits per heavy atom. The SMILES string of the molecule is CCOC(=O)[C@H]1[C@H]2C(=O)N([C@H](C)c3ccc(OC)cc3)C[C@]23C=C[C@H]1O3. The first-order chi connectivity index (χ1) is 12.5. The van der Waals surface area contributed by atoms with E-state index in [-0.39, 0.29) is 24.0 Å². The monoisotopic (exact) mass is 357 g/mol. The molecule has 0 N–H and O–H groups in total. The van der Waals surface area contributed by atoms with Crippen molar-refractivity contribution in [1.82, 2.24) is 4.90 Å². The van der Waals surface area contributed by atoms with Crippen molar-refractivity contribution in [3.05, 3.63) is 42.0 Å². The lowest BCUT2D eigenvalue weighted by Crippen LogP contribution is -2.40. The molecule has 0 unspecified atom stereocenters. The summed E-state index contributed by atoms with van der Waals surface area (Å²) in [6, 6.07) is 7.57. The molecule has 1 spiro atoms. The van der Waals surface area contributed by atoms with E-state index < -0.39 is 17.4 Å². The molecule has 6 heteroatoms. The number of fused-ring (bicyclic) bond motifs is 1. The van der Waals surface area contributed by atoms with Gasteiger partial charge in [-0.05, 0) is 31.5 Å². The van der Waals surface area contributed by atoms with E-state index in [4.69, 9.17) is 14.2 Å². The summed E-state index contributed by atoms with van der Waals surface area (Å²) in [7, 11) is 1.62. The van der Waals surface area contributed by atoms with Crippen molar-refractivity contribution >= 4 is 11.9 Å². The maximum absolute atomic E-state index is 13.2. The Morgan fingerprint density at radius 2 is 2.12 bits per heavy atom. The van der Waals surface area contributed by atoms with Gasteiger partial charge in [-0.2, -0.15) is 0 Å². The van der Waals surface area contributed by atoms with Gasteiger partial charge < -0.3 is 19.1 Å². The summed E-state index contributed by atoms with van der Waals surface area (Å²) in [5.41, 5.74) is 0.307. The van der Waals surface area contributed by atoms with E-state index in [2.05, 4.69) is 0 Å². The molecular formula is C20H23NO5. The summed E-state index contributed by atoms with van der Waals surface area (Å²) in [6.45, 7) is 4.51. The molecule has 138 valence electrons. The Morgan fingerprint density at radius 1 is 1.38 bits per heavy atom. The van der Waals surface area contributed by atoms with Crippen molar-refractivity contribution in [2.75, 3.05) is 20.3 Å². The Hall–Kier alpha value is -2.34. The van der Waals surface area contributed by atoms with Crippen molar-refractivity contribution in [1.29, 1.82) is 0 Å². The zero-order valence-electron chi connectivity index (χ0n) is 15.2. The maximum Gasteiger partial charge on any atom is 0.312 e. The molecule has 1 amide bonds. The van der Waals surface area contributed by atoms with Gasteiger partial charge in [0.15, 0.2) is 0 Å². The summed E-state index contributed by atoms with van der Waals surface area (Å²) in [6.07, 6.45) is 3.49. The molecule has 0 aliphatic carbocycles. The lowest BCUT2D eigenvalue weighted by molar-refractivity contribution is -0.153. The van der Waals surface area contributed by atoms with Crippen LogP contribution in [0.4, 0.5) is 0 Å². The zero-order valence-corrected chi connectivity index (χ0v) is 15.2. The van der Waals surface area contributed by atoms with Gasteiger partial charge in [-0.3, -0.25) is 9.59 Å². The molecule has 2 bridgehead atoms. The summed E-state index contributed by atoms with van der Waals surface area (Å²) in [5.74, 6) is -0.673. The molecule has 6 nitrogen and oxygen atoms in total. The molecule has 1 aromatic carbocycles. The van der Waals surface area contributed by atoms with Gasteiger partial charge in [0.1, 0.15) is 17.3 Å². The molecule has 1 aromatic rings. The van der Waals surface area contributed by atoms with Gasteiger partial charge in [-0.1, -0.05) is 24.3 Å². The second kappa shape index (κ2) is 6.13. The Labute approximate surface area is 152 Å². The van der Waals surface area contributed by atoms with Crippen LogP contribution in [0.2, 0.25) is 0 Å². The molecule has 4 rings (SSSR count). The van der Waals surface area contributed by atoms with Crippen molar-refractivity contribution < 1.29 is 23.8 Å². The van der Waals surface area contributed by atoms with Crippen molar-refractivity contribution in [3.8, 4) is 5.75 Å². The van der Waals surface area contributed by atoms with Crippen LogP contribution in [0.15, 0.2) is 36.4 Å². The van der Waals surface area contributed by atoms with Gasteiger partial charge in [0.05, 0.1) is 38.3 Å². The number of amides is 1. The normalized spacial score (nSPS) is 32.7. The molecule has 0 saturated carbocycles. The summed E-state index contributed by atoms with van der Waals surface area (Å²) >= 11 is 0. The highest BCUT2D eigenvalue weighted by Crippen LogP contribution is 2.53. The molecule has 0 radical (unpaired) electrons. The molecule has 5 atom stereocenters. The number of carbonyl (C=O) groups excluding carboxylic acids is 2. The zero-order chi connectivity index (χ0) is 18.5. The lowest BCUT2D eigenvalue weighted by Gasteiger charge is -2.27. The van der Waals surface area contributed by atoms with Crippen LogP contribution in [0.3, 0.4) is 0 Å². The van der Waals surface area contributed by atoms with Gasteiger partial charge in [0.2, 0.25) is 5.91 Å². The number of hydrogen-bond donors (Lipinski definition) is 0. The average molecular weight is 357 g/mol. The van der Waals surface area contributed by atoms with Gasteiger partial charge in [0.25, 0.3) is 0 Å². The summed E-state index contributed by atoms with van der Waals surface area (Å²) in [4.78, 5) is 27.4. The molecule has 2 saturated heterocycles. The van der Waals surface area contributed by atoms with E-state index in [1.807, 2.05) is 48.2 Å². The fourth-order valence-electron chi connectivity index (χ4n) is 4.43. The van der Waals surface area contributed by atoms with Crippen molar-refractivity contribution in [2.45, 2.75) is 31.6 Å². The second-order valence-corrected chi connectivity index (χ2v) is 7.07. The largest absolute Gasteiger partial charge is 0.497 e. The second-order valence-electron chi connectivity index (χ2n) is 7.07. The van der Waals surface area contributed by atoms with Crippen LogP contribution < -0.4 is 4.74 Å². The number of esters is 1. The van der Waals surface area contributed by atoms with Crippen LogP contribution in [0, 0.1) is 11.8 Å². The highest BCUT2D eigenvalue weighted by Gasteiger charge is 2.67. The van der Waals surface area contributed by atoms with Gasteiger partial charge in [-0.15, -0.1) is 0 Å². The Bertz CT molecular complexity index is 758. The highest BCUT2D eigenvalue weighted by atomic mass is 16.6. The van der Waals surface area contributed by atoms with Gasteiger partial charge in [0, 0.05) is 0 Å². The van der Waals surface area contributed by atoms with E-state index >= 15 is 0 Å². The maximum atomic E-state index is 13.2. The number of hydrogen-bond acceptors (Lipinski definition) is 5. The summed E-state index contributed by atoms with van der Waals surface area (Å²) < 4.78 is 16.5. The predicted octanol–water partition coefficient (Wildman–Crippen LogP) is 2.10. The fourth-order valence-corrected chi connectivity index (χ4v) is 4.43. The van der Waals surface area contributed by atoms with Gasteiger partial charge in [-0.25, -0.2) is 0 Å². The predicted molar refractivity (Wildman–Crippen MR) is 93.5 cm³/mol. The van der Waals surface area contributed by atoms with Crippen molar-refractivity contribution in [2.24, 2.45) is 11.8 Å². The van der Waals surface area contributed by atoms with Crippen LogP contribution in [-0.4, -0.2) is 48.7 Å². The first kappa shape index (κ1) is 17.1. The molecule has 0 aromatic heterocycles. The molecule has 26 heavy (non-hydrogen) atoms. The van der Waals surface area contributed by atoms with E-state index in [1.54, 1.807) is 14.0 Å². The smallest absolute Gasteiger partial charge is 0.312 e. The van der Waals surface area contributed by atoms with Gasteiger partial charge >= 0.3 is 5.97 Å². The first-order valence-corrected chi connectivity index (χ1v) is 8.99. The summed E-state index contributed by atoms with van der Waals surface area (Å²) in [5, 5.41) is 0. The molecule has 3 aliphatic rings. The number of ether oxygens (including phenoxy) is 3. The average Bonchev–Trinajstić information content (AvgIpc) is 3.29. The van der Waals surface area contributed by atoms with E-state index in [0.29, 0.717) is 13.2 Å². The van der Waals surface area contributed by atoms with E-state index in [9.17, 15) is 9.59 Å². The molecular weight excluding hydrogens is 334 g/mol. The lowest BCUT2D eigenvalue weighted by atomic mass is 9.77. The third kappa shape index (κ3) is 2.35. The number of methoxy groups -OCH3 is 1. The number of nitrogens with zero attached hydrogens (tertiary/aromatic N) is 1. The Kier molecular flexibility index (Phi) is 4.03. The highest BCUT2D eigenvalue weighted by molar-refractivity contribution is 5.91. The molecule has 3 heterocycles.